The van der Waals surface area contributed by atoms with Gasteiger partial charge in [-0.05, 0) is 134 Å². The fraction of sp³-hybridized carbons (Fsp3) is 0.731. The highest BCUT2D eigenvalue weighted by Gasteiger charge is 2.55. The maximum Gasteiger partial charge on any atom is 0.223 e. The molecule has 3 aliphatic carbocycles. The summed E-state index contributed by atoms with van der Waals surface area (Å²) in [6, 6.07) is 4.70. The van der Waals surface area contributed by atoms with Gasteiger partial charge in [-0.3, -0.25) is 4.79 Å². The van der Waals surface area contributed by atoms with Gasteiger partial charge >= 0.3 is 0 Å². The third kappa shape index (κ3) is 3.61. The van der Waals surface area contributed by atoms with Crippen molar-refractivity contribution in [3.05, 3.63) is 27.7 Å². The van der Waals surface area contributed by atoms with Gasteiger partial charge in [-0.15, -0.1) is 0 Å². The Labute approximate surface area is 190 Å². The van der Waals surface area contributed by atoms with Crippen LogP contribution in [0.25, 0.3) is 0 Å². The van der Waals surface area contributed by atoms with E-state index in [2.05, 4.69) is 61.5 Å². The first-order valence-electron chi connectivity index (χ1n) is 12.0. The lowest BCUT2D eigenvalue weighted by molar-refractivity contribution is -0.137. The van der Waals surface area contributed by atoms with E-state index in [4.69, 9.17) is 0 Å². The van der Waals surface area contributed by atoms with Gasteiger partial charge in [-0.1, -0.05) is 6.92 Å². The first-order valence-corrected chi connectivity index (χ1v) is 12.7. The predicted octanol–water partition coefficient (Wildman–Crippen LogP) is 6.66. The fourth-order valence-electron chi connectivity index (χ4n) is 7.51. The number of phenolic OH excluding ortho intramolecular Hbond substituents is 1. The molecule has 1 aromatic rings. The Morgan fingerprint density at radius 3 is 2.53 bits per heavy atom. The van der Waals surface area contributed by atoms with Gasteiger partial charge in [0.15, 0.2) is 0 Å². The van der Waals surface area contributed by atoms with Crippen LogP contribution < -0.4 is 0 Å². The van der Waals surface area contributed by atoms with Crippen molar-refractivity contribution in [3.8, 4) is 5.75 Å². The molecule has 4 rings (SSSR count). The van der Waals surface area contributed by atoms with Gasteiger partial charge in [0.25, 0.3) is 0 Å². The summed E-state index contributed by atoms with van der Waals surface area (Å²) in [5.41, 5.74) is 3.10. The Morgan fingerprint density at radius 2 is 1.87 bits per heavy atom. The lowest BCUT2D eigenvalue weighted by Crippen LogP contribution is -2.46. The van der Waals surface area contributed by atoms with Crippen molar-refractivity contribution in [2.75, 3.05) is 0 Å². The SMILES string of the molecule is CC(C)N(C(=O)C[C@H]1CC[C@H]2[C@@H]3CCc4cc(O)c(Br)cc4[C@H]3CC[C@]12C)C(C)C. The normalized spacial score (nSPS) is 32.7. The molecule has 1 N–H and O–H groups in total. The Hall–Kier alpha value is -1.03. The van der Waals surface area contributed by atoms with Crippen LogP contribution in [0.2, 0.25) is 0 Å². The predicted molar refractivity (Wildman–Crippen MR) is 126 cm³/mol. The first-order chi connectivity index (χ1) is 14.1. The number of hydrogen-bond donors (Lipinski definition) is 1. The summed E-state index contributed by atoms with van der Waals surface area (Å²) in [6.07, 6.45) is 7.92. The minimum atomic E-state index is 0.267. The molecule has 30 heavy (non-hydrogen) atoms. The number of aromatic hydroxyl groups is 1. The summed E-state index contributed by atoms with van der Waals surface area (Å²) in [5.74, 6) is 3.29. The largest absolute Gasteiger partial charge is 0.507 e. The second-order valence-electron chi connectivity index (χ2n) is 10.9. The Balaban J connectivity index is 1.54. The number of aryl methyl sites for hydroxylation is 1. The first kappa shape index (κ1) is 22.2. The molecule has 166 valence electrons. The third-order valence-electron chi connectivity index (χ3n) is 8.81. The number of rotatable bonds is 4. The number of hydrogen-bond acceptors (Lipinski definition) is 2. The lowest BCUT2D eigenvalue weighted by atomic mass is 9.54. The second-order valence-corrected chi connectivity index (χ2v) is 11.8. The zero-order valence-electron chi connectivity index (χ0n) is 19.2. The monoisotopic (exact) mass is 475 g/mol. The van der Waals surface area contributed by atoms with Crippen LogP contribution in [0, 0.1) is 23.2 Å². The van der Waals surface area contributed by atoms with E-state index in [0.29, 0.717) is 28.9 Å². The van der Waals surface area contributed by atoms with Crippen LogP contribution in [-0.4, -0.2) is 28.0 Å². The number of benzene rings is 1. The highest BCUT2D eigenvalue weighted by molar-refractivity contribution is 9.10. The Kier molecular flexibility index (Phi) is 6.02. The fourth-order valence-corrected chi connectivity index (χ4v) is 7.87. The number of halogens is 1. The summed E-state index contributed by atoms with van der Waals surface area (Å²) in [4.78, 5) is 15.3. The maximum absolute atomic E-state index is 13.2. The van der Waals surface area contributed by atoms with Crippen LogP contribution in [0.1, 0.15) is 90.2 Å². The number of phenols is 1. The van der Waals surface area contributed by atoms with Gasteiger partial charge in [0.05, 0.1) is 4.47 Å². The van der Waals surface area contributed by atoms with E-state index in [1.165, 1.54) is 43.2 Å². The van der Waals surface area contributed by atoms with Crippen LogP contribution in [0.15, 0.2) is 16.6 Å². The molecule has 0 radical (unpaired) electrons. The average molecular weight is 476 g/mol. The number of carbonyl (C=O) groups excluding carboxylic acids is 1. The van der Waals surface area contributed by atoms with E-state index in [1.54, 1.807) is 0 Å². The van der Waals surface area contributed by atoms with Crippen molar-refractivity contribution in [1.82, 2.24) is 4.90 Å². The molecule has 0 aromatic heterocycles. The quantitative estimate of drug-likeness (QED) is 0.528. The van der Waals surface area contributed by atoms with Crippen LogP contribution >= 0.6 is 15.9 Å². The second kappa shape index (κ2) is 8.15. The molecule has 0 unspecified atom stereocenters. The number of carbonyl (C=O) groups is 1. The molecular weight excluding hydrogens is 438 g/mol. The van der Waals surface area contributed by atoms with E-state index >= 15 is 0 Å². The molecule has 0 spiro atoms. The molecule has 0 aliphatic heterocycles. The van der Waals surface area contributed by atoms with Gasteiger partial charge in [-0.25, -0.2) is 0 Å². The van der Waals surface area contributed by atoms with E-state index in [9.17, 15) is 9.90 Å². The zero-order chi connectivity index (χ0) is 21.8. The van der Waals surface area contributed by atoms with Crippen LogP contribution in [0.4, 0.5) is 0 Å². The summed E-state index contributed by atoms with van der Waals surface area (Å²) >= 11 is 3.54. The van der Waals surface area contributed by atoms with E-state index in [0.717, 1.165) is 29.2 Å². The molecule has 0 saturated heterocycles. The van der Waals surface area contributed by atoms with E-state index < -0.39 is 0 Å². The standard InChI is InChI=1S/C26H38BrNO2/c1-15(2)28(16(3)4)25(30)13-18-7-9-22-20-8-6-17-12-24(29)23(27)14-21(17)19(20)10-11-26(18,22)5/h12,14-16,18-20,22,29H,6-11,13H2,1-5H3/t18-,19+,20-,22+,26-/m1/s1. The lowest BCUT2D eigenvalue weighted by Gasteiger charge is -2.51. The van der Waals surface area contributed by atoms with Gasteiger partial charge in [-0.2, -0.15) is 0 Å². The molecule has 2 saturated carbocycles. The Bertz CT molecular complexity index is 811. The average Bonchev–Trinajstić information content (AvgIpc) is 2.98. The van der Waals surface area contributed by atoms with Crippen LogP contribution in [0.3, 0.4) is 0 Å². The van der Waals surface area contributed by atoms with E-state index in [-0.39, 0.29) is 12.1 Å². The minimum absolute atomic E-state index is 0.267. The topological polar surface area (TPSA) is 40.5 Å². The molecular formula is C26H38BrNO2. The Morgan fingerprint density at radius 1 is 1.17 bits per heavy atom. The van der Waals surface area contributed by atoms with Crippen LogP contribution in [0.5, 0.6) is 5.75 Å². The summed E-state index contributed by atoms with van der Waals surface area (Å²) in [6.45, 7) is 11.0. The van der Waals surface area contributed by atoms with Crippen molar-refractivity contribution in [1.29, 1.82) is 0 Å². The maximum atomic E-state index is 13.2. The van der Waals surface area contributed by atoms with Crippen molar-refractivity contribution in [2.24, 2.45) is 23.2 Å². The highest BCUT2D eigenvalue weighted by Crippen LogP contribution is 2.63. The number of nitrogens with zero attached hydrogens (tertiary/aromatic N) is 1. The number of fused-ring (bicyclic) bond motifs is 5. The third-order valence-corrected chi connectivity index (χ3v) is 9.45. The van der Waals surface area contributed by atoms with Crippen molar-refractivity contribution in [3.63, 3.8) is 0 Å². The van der Waals surface area contributed by atoms with Gasteiger partial charge in [0.2, 0.25) is 5.91 Å². The summed E-state index contributed by atoms with van der Waals surface area (Å²) < 4.78 is 0.826. The zero-order valence-corrected chi connectivity index (χ0v) is 20.8. The summed E-state index contributed by atoms with van der Waals surface area (Å²) in [5, 5.41) is 10.1. The van der Waals surface area contributed by atoms with Crippen molar-refractivity contribution < 1.29 is 9.90 Å². The number of amides is 1. The molecule has 0 bridgehead atoms. The minimum Gasteiger partial charge on any atom is -0.507 e. The molecule has 0 heterocycles. The van der Waals surface area contributed by atoms with Gasteiger partial charge in [0.1, 0.15) is 5.75 Å². The highest BCUT2D eigenvalue weighted by atomic mass is 79.9. The van der Waals surface area contributed by atoms with Crippen LogP contribution in [-0.2, 0) is 11.2 Å². The molecule has 1 aromatic carbocycles. The van der Waals surface area contributed by atoms with Gasteiger partial charge in [0, 0.05) is 18.5 Å². The van der Waals surface area contributed by atoms with Gasteiger partial charge < -0.3 is 10.0 Å². The van der Waals surface area contributed by atoms with Crippen molar-refractivity contribution >= 4 is 21.8 Å². The molecule has 5 atom stereocenters. The molecule has 1 amide bonds. The molecule has 2 fully saturated rings. The molecule has 3 aliphatic rings. The molecule has 3 nitrogen and oxygen atoms in total. The molecule has 4 heteroatoms. The van der Waals surface area contributed by atoms with Crippen molar-refractivity contribution in [2.45, 2.75) is 97.6 Å². The summed E-state index contributed by atoms with van der Waals surface area (Å²) in [7, 11) is 0. The smallest absolute Gasteiger partial charge is 0.223 e. The van der Waals surface area contributed by atoms with E-state index in [1.807, 2.05) is 6.07 Å².